The van der Waals surface area contributed by atoms with Gasteiger partial charge in [0.1, 0.15) is 0 Å². The van der Waals surface area contributed by atoms with Crippen molar-refractivity contribution < 1.29 is 14.1 Å². The lowest BCUT2D eigenvalue weighted by atomic mass is 10.2. The molecule has 1 aromatic rings. The van der Waals surface area contributed by atoms with E-state index < -0.39 is 0 Å². The molecule has 0 amide bonds. The highest BCUT2D eigenvalue weighted by molar-refractivity contribution is 5.71. The predicted molar refractivity (Wildman–Crippen MR) is 64.0 cm³/mol. The number of rotatable bonds is 4. The van der Waals surface area contributed by atoms with E-state index >= 15 is 0 Å². The second-order valence-corrected chi connectivity index (χ2v) is 4.85. The van der Waals surface area contributed by atoms with Gasteiger partial charge in [-0.25, -0.2) is 0 Å². The van der Waals surface area contributed by atoms with Crippen molar-refractivity contribution in [1.82, 2.24) is 15.0 Å². The molecule has 0 radical (unpaired) electrons. The van der Waals surface area contributed by atoms with E-state index in [4.69, 9.17) is 9.26 Å². The van der Waals surface area contributed by atoms with Crippen LogP contribution in [0.15, 0.2) is 4.52 Å². The molecule has 0 aliphatic carbocycles. The van der Waals surface area contributed by atoms with Crippen molar-refractivity contribution in [3.8, 4) is 0 Å². The van der Waals surface area contributed by atoms with E-state index in [1.807, 2.05) is 18.7 Å². The molecule has 0 spiro atoms. The number of hydrogen-bond acceptors (Lipinski definition) is 6. The van der Waals surface area contributed by atoms with Gasteiger partial charge in [-0.05, 0) is 19.4 Å². The lowest BCUT2D eigenvalue weighted by Gasteiger charge is -2.19. The normalized spacial score (nSPS) is 20.6. The number of ether oxygens (including phenoxy) is 1. The molecule has 0 N–H and O–H groups in total. The fourth-order valence-corrected chi connectivity index (χ4v) is 2.14. The fraction of sp³-hybridized carbons (Fsp3) is 0.750. The molecule has 2 rings (SSSR count). The van der Waals surface area contributed by atoms with Crippen molar-refractivity contribution in [3.63, 3.8) is 0 Å². The number of aromatic nitrogens is 2. The highest BCUT2D eigenvalue weighted by atomic mass is 16.5. The number of carbonyl (C=O) groups excluding carboxylic acids is 1. The minimum Gasteiger partial charge on any atom is -0.468 e. The van der Waals surface area contributed by atoms with Crippen LogP contribution in [-0.2, 0) is 9.53 Å². The van der Waals surface area contributed by atoms with Gasteiger partial charge in [0, 0.05) is 5.92 Å². The van der Waals surface area contributed by atoms with Crippen molar-refractivity contribution in [2.75, 3.05) is 20.2 Å². The number of esters is 1. The SMILES string of the molecule is COC(=O)CN1CCCC1c1nc(C(C)C)no1. The molecule has 1 aliphatic heterocycles. The maximum atomic E-state index is 11.3. The van der Waals surface area contributed by atoms with E-state index in [0.29, 0.717) is 5.89 Å². The Balaban J connectivity index is 2.08. The van der Waals surface area contributed by atoms with E-state index in [1.54, 1.807) is 0 Å². The second kappa shape index (κ2) is 5.48. The summed E-state index contributed by atoms with van der Waals surface area (Å²) in [5, 5.41) is 3.97. The van der Waals surface area contributed by atoms with Crippen LogP contribution in [0.2, 0.25) is 0 Å². The van der Waals surface area contributed by atoms with Crippen molar-refractivity contribution in [2.24, 2.45) is 0 Å². The molecule has 0 aromatic carbocycles. The van der Waals surface area contributed by atoms with Gasteiger partial charge in [0.15, 0.2) is 5.82 Å². The molecule has 6 nitrogen and oxygen atoms in total. The highest BCUT2D eigenvalue weighted by Gasteiger charge is 2.32. The topological polar surface area (TPSA) is 68.5 Å². The third-order valence-electron chi connectivity index (χ3n) is 3.18. The van der Waals surface area contributed by atoms with E-state index in [0.717, 1.165) is 25.2 Å². The summed E-state index contributed by atoms with van der Waals surface area (Å²) in [5.41, 5.74) is 0. The van der Waals surface area contributed by atoms with Crippen LogP contribution < -0.4 is 0 Å². The maximum absolute atomic E-state index is 11.3. The summed E-state index contributed by atoms with van der Waals surface area (Å²) in [4.78, 5) is 17.8. The zero-order valence-electron chi connectivity index (χ0n) is 11.0. The van der Waals surface area contributed by atoms with Crippen molar-refractivity contribution in [3.05, 3.63) is 11.7 Å². The lowest BCUT2D eigenvalue weighted by Crippen LogP contribution is -2.30. The van der Waals surface area contributed by atoms with E-state index in [-0.39, 0.29) is 24.5 Å². The Bertz CT molecular complexity index is 416. The first-order valence-electron chi connectivity index (χ1n) is 6.26. The molecule has 1 atom stereocenters. The number of methoxy groups -OCH3 is 1. The molecular weight excluding hydrogens is 234 g/mol. The van der Waals surface area contributed by atoms with Crippen LogP contribution in [0, 0.1) is 0 Å². The Morgan fingerprint density at radius 1 is 1.61 bits per heavy atom. The molecule has 1 aliphatic rings. The monoisotopic (exact) mass is 253 g/mol. The standard InChI is InChI=1S/C12H19N3O3/c1-8(2)11-13-12(18-14-11)9-5-4-6-15(9)7-10(16)17-3/h8-9H,4-7H2,1-3H3. The van der Waals surface area contributed by atoms with Crippen LogP contribution in [0.4, 0.5) is 0 Å². The summed E-state index contributed by atoms with van der Waals surface area (Å²) in [7, 11) is 1.40. The van der Waals surface area contributed by atoms with Gasteiger partial charge in [-0.2, -0.15) is 4.98 Å². The molecule has 100 valence electrons. The third-order valence-corrected chi connectivity index (χ3v) is 3.18. The van der Waals surface area contributed by atoms with Gasteiger partial charge in [-0.3, -0.25) is 9.69 Å². The van der Waals surface area contributed by atoms with Gasteiger partial charge in [0.2, 0.25) is 5.89 Å². The zero-order valence-corrected chi connectivity index (χ0v) is 11.0. The van der Waals surface area contributed by atoms with Gasteiger partial charge in [0.05, 0.1) is 19.7 Å². The maximum Gasteiger partial charge on any atom is 0.319 e. The first kappa shape index (κ1) is 13.0. The minimum atomic E-state index is -0.231. The van der Waals surface area contributed by atoms with Crippen molar-refractivity contribution in [1.29, 1.82) is 0 Å². The molecule has 0 bridgehead atoms. The number of likely N-dealkylation sites (tertiary alicyclic amines) is 1. The Hall–Kier alpha value is -1.43. The van der Waals surface area contributed by atoms with Gasteiger partial charge >= 0.3 is 5.97 Å². The minimum absolute atomic E-state index is 0.0455. The van der Waals surface area contributed by atoms with Crippen molar-refractivity contribution >= 4 is 5.97 Å². The molecule has 1 saturated heterocycles. The van der Waals surface area contributed by atoms with Crippen LogP contribution in [0.3, 0.4) is 0 Å². The quantitative estimate of drug-likeness (QED) is 0.757. The second-order valence-electron chi connectivity index (χ2n) is 4.85. The smallest absolute Gasteiger partial charge is 0.319 e. The molecule has 18 heavy (non-hydrogen) atoms. The summed E-state index contributed by atoms with van der Waals surface area (Å²) in [6, 6.07) is 0.0455. The highest BCUT2D eigenvalue weighted by Crippen LogP contribution is 2.31. The average molecular weight is 253 g/mol. The first-order chi connectivity index (χ1) is 8.61. The van der Waals surface area contributed by atoms with E-state index in [2.05, 4.69) is 10.1 Å². The van der Waals surface area contributed by atoms with Crippen LogP contribution in [-0.4, -0.2) is 41.2 Å². The summed E-state index contributed by atoms with van der Waals surface area (Å²) in [5.74, 6) is 1.35. The van der Waals surface area contributed by atoms with Crippen LogP contribution >= 0.6 is 0 Å². The summed E-state index contributed by atoms with van der Waals surface area (Å²) in [6.07, 6.45) is 1.97. The molecule has 1 aromatic heterocycles. The van der Waals surface area contributed by atoms with E-state index in [1.165, 1.54) is 7.11 Å². The number of hydrogen-bond donors (Lipinski definition) is 0. The fourth-order valence-electron chi connectivity index (χ4n) is 2.14. The Morgan fingerprint density at radius 2 is 2.39 bits per heavy atom. The summed E-state index contributed by atoms with van der Waals surface area (Å²) in [6.45, 7) is 5.19. The van der Waals surface area contributed by atoms with Gasteiger partial charge in [0.25, 0.3) is 0 Å². The molecule has 1 unspecified atom stereocenters. The lowest BCUT2D eigenvalue weighted by molar-refractivity contribution is -0.142. The number of carbonyl (C=O) groups is 1. The average Bonchev–Trinajstić information content (AvgIpc) is 2.96. The number of nitrogens with zero attached hydrogens (tertiary/aromatic N) is 3. The Kier molecular flexibility index (Phi) is 3.96. The van der Waals surface area contributed by atoms with Gasteiger partial charge < -0.3 is 9.26 Å². The molecular formula is C12H19N3O3. The third kappa shape index (κ3) is 2.69. The van der Waals surface area contributed by atoms with Gasteiger partial charge in [-0.1, -0.05) is 19.0 Å². The molecule has 2 heterocycles. The van der Waals surface area contributed by atoms with Crippen LogP contribution in [0.25, 0.3) is 0 Å². The van der Waals surface area contributed by atoms with E-state index in [9.17, 15) is 4.79 Å². The molecule has 0 saturated carbocycles. The van der Waals surface area contributed by atoms with Gasteiger partial charge in [-0.15, -0.1) is 0 Å². The molecule has 6 heteroatoms. The zero-order chi connectivity index (χ0) is 13.1. The van der Waals surface area contributed by atoms with Crippen LogP contribution in [0.1, 0.15) is 50.4 Å². The largest absolute Gasteiger partial charge is 0.468 e. The van der Waals surface area contributed by atoms with Crippen LogP contribution in [0.5, 0.6) is 0 Å². The summed E-state index contributed by atoms with van der Waals surface area (Å²) >= 11 is 0. The summed E-state index contributed by atoms with van der Waals surface area (Å²) < 4.78 is 9.99. The Morgan fingerprint density at radius 3 is 3.00 bits per heavy atom. The predicted octanol–water partition coefficient (Wildman–Crippen LogP) is 1.50. The van der Waals surface area contributed by atoms with Crippen molar-refractivity contribution in [2.45, 2.75) is 38.6 Å². The first-order valence-corrected chi connectivity index (χ1v) is 6.26. The molecule has 1 fully saturated rings. The Labute approximate surface area is 106 Å².